The molecule has 0 heterocycles. The zero-order chi connectivity index (χ0) is 14.5. The van der Waals surface area contributed by atoms with E-state index in [4.69, 9.17) is 0 Å². The lowest BCUT2D eigenvalue weighted by Gasteiger charge is -2.16. The number of anilines is 1. The fraction of sp³-hybridized carbons (Fsp3) is 0.250. The number of aryl methyl sites for hydroxylation is 1. The lowest BCUT2D eigenvalue weighted by atomic mass is 10.1. The molecule has 4 heteroatoms. The number of aliphatic hydroxyl groups excluding tert-OH is 1. The van der Waals surface area contributed by atoms with E-state index in [0.29, 0.717) is 5.56 Å². The minimum atomic E-state index is -0.871. The van der Waals surface area contributed by atoms with Crippen LogP contribution in [0.4, 0.5) is 10.1 Å². The molecule has 0 aromatic heterocycles. The van der Waals surface area contributed by atoms with Crippen LogP contribution < -0.4 is 5.32 Å². The summed E-state index contributed by atoms with van der Waals surface area (Å²) in [7, 11) is 0. The van der Waals surface area contributed by atoms with Crippen LogP contribution in [0.3, 0.4) is 0 Å². The maximum absolute atomic E-state index is 13.6. The third-order valence-corrected chi connectivity index (χ3v) is 3.69. The molecule has 106 valence electrons. The summed E-state index contributed by atoms with van der Waals surface area (Å²) in [4.78, 5) is 0. The van der Waals surface area contributed by atoms with E-state index in [2.05, 4.69) is 28.2 Å². The van der Waals surface area contributed by atoms with Gasteiger partial charge in [-0.05, 0) is 36.2 Å². The van der Waals surface area contributed by atoms with E-state index < -0.39 is 6.10 Å². The van der Waals surface area contributed by atoms with Crippen LogP contribution in [0.2, 0.25) is 0 Å². The molecule has 0 aliphatic carbocycles. The maximum Gasteiger partial charge on any atom is 0.129 e. The van der Waals surface area contributed by atoms with E-state index in [1.54, 1.807) is 18.2 Å². The summed E-state index contributed by atoms with van der Waals surface area (Å²) in [6, 6.07) is 12.2. The second kappa shape index (κ2) is 6.86. The Bertz CT molecular complexity index is 588. The highest BCUT2D eigenvalue weighted by molar-refractivity contribution is 9.10. The number of hydrogen-bond acceptors (Lipinski definition) is 2. The van der Waals surface area contributed by atoms with E-state index in [9.17, 15) is 9.50 Å². The number of halogens is 2. The van der Waals surface area contributed by atoms with Gasteiger partial charge in [0.2, 0.25) is 0 Å². The Labute approximate surface area is 126 Å². The minimum Gasteiger partial charge on any atom is -0.386 e. The summed E-state index contributed by atoms with van der Waals surface area (Å²) < 4.78 is 14.6. The van der Waals surface area contributed by atoms with E-state index in [1.807, 2.05) is 18.2 Å². The van der Waals surface area contributed by atoms with Crippen LogP contribution in [0.15, 0.2) is 46.9 Å². The van der Waals surface area contributed by atoms with Crippen molar-refractivity contribution in [2.45, 2.75) is 19.4 Å². The molecule has 0 bridgehead atoms. The Hall–Kier alpha value is -1.39. The zero-order valence-corrected chi connectivity index (χ0v) is 12.8. The fourth-order valence-electron chi connectivity index (χ4n) is 2.09. The lowest BCUT2D eigenvalue weighted by molar-refractivity contribution is 0.186. The van der Waals surface area contributed by atoms with Crippen LogP contribution in [-0.4, -0.2) is 11.7 Å². The molecule has 0 fully saturated rings. The van der Waals surface area contributed by atoms with Crippen LogP contribution in [-0.2, 0) is 6.42 Å². The molecular formula is C16H17BrFNO. The Morgan fingerprint density at radius 2 is 2.00 bits per heavy atom. The van der Waals surface area contributed by atoms with Gasteiger partial charge in [-0.25, -0.2) is 4.39 Å². The number of benzene rings is 2. The largest absolute Gasteiger partial charge is 0.386 e. The highest BCUT2D eigenvalue weighted by Crippen LogP contribution is 2.23. The van der Waals surface area contributed by atoms with Crippen molar-refractivity contribution in [2.24, 2.45) is 0 Å². The van der Waals surface area contributed by atoms with E-state index in [1.165, 1.54) is 6.07 Å². The average Bonchev–Trinajstić information content (AvgIpc) is 2.46. The second-order valence-electron chi connectivity index (χ2n) is 4.57. The molecule has 2 N–H and O–H groups in total. The van der Waals surface area contributed by atoms with Gasteiger partial charge in [-0.1, -0.05) is 41.1 Å². The van der Waals surface area contributed by atoms with Gasteiger partial charge in [0.1, 0.15) is 5.82 Å². The van der Waals surface area contributed by atoms with Crippen LogP contribution in [0.25, 0.3) is 0 Å². The summed E-state index contributed by atoms with van der Waals surface area (Å²) >= 11 is 3.44. The van der Waals surface area contributed by atoms with E-state index in [-0.39, 0.29) is 12.4 Å². The number of hydrogen-bond donors (Lipinski definition) is 2. The van der Waals surface area contributed by atoms with Gasteiger partial charge in [-0.3, -0.25) is 0 Å². The molecule has 2 nitrogen and oxygen atoms in total. The van der Waals surface area contributed by atoms with Crippen molar-refractivity contribution >= 4 is 21.6 Å². The summed E-state index contributed by atoms with van der Waals surface area (Å²) in [6.45, 7) is 2.34. The Balaban J connectivity index is 2.07. The Morgan fingerprint density at radius 3 is 2.70 bits per heavy atom. The normalized spacial score (nSPS) is 12.2. The van der Waals surface area contributed by atoms with Gasteiger partial charge in [-0.15, -0.1) is 0 Å². The van der Waals surface area contributed by atoms with Gasteiger partial charge in [0.15, 0.2) is 0 Å². The maximum atomic E-state index is 13.6. The molecule has 0 radical (unpaired) electrons. The van der Waals surface area contributed by atoms with Crippen molar-refractivity contribution in [2.75, 3.05) is 11.9 Å². The first kappa shape index (κ1) is 15.0. The summed E-state index contributed by atoms with van der Waals surface area (Å²) in [5, 5.41) is 13.2. The quantitative estimate of drug-likeness (QED) is 0.852. The first-order valence-electron chi connectivity index (χ1n) is 6.56. The van der Waals surface area contributed by atoms with Crippen molar-refractivity contribution in [3.63, 3.8) is 0 Å². The van der Waals surface area contributed by atoms with Gasteiger partial charge in [0, 0.05) is 22.3 Å². The topological polar surface area (TPSA) is 32.3 Å². The fourth-order valence-corrected chi connectivity index (χ4v) is 2.50. The average molecular weight is 338 g/mol. The highest BCUT2D eigenvalue weighted by Gasteiger charge is 2.12. The predicted molar refractivity (Wildman–Crippen MR) is 83.4 cm³/mol. The molecule has 0 saturated carbocycles. The molecule has 0 aliphatic heterocycles. The van der Waals surface area contributed by atoms with Crippen LogP contribution in [0.5, 0.6) is 0 Å². The smallest absolute Gasteiger partial charge is 0.129 e. The van der Waals surface area contributed by atoms with Crippen molar-refractivity contribution in [3.8, 4) is 0 Å². The van der Waals surface area contributed by atoms with Crippen molar-refractivity contribution in [1.82, 2.24) is 0 Å². The third kappa shape index (κ3) is 3.58. The number of rotatable bonds is 5. The Morgan fingerprint density at radius 1 is 1.25 bits per heavy atom. The third-order valence-electron chi connectivity index (χ3n) is 3.20. The first-order valence-corrected chi connectivity index (χ1v) is 7.36. The molecular weight excluding hydrogens is 321 g/mol. The predicted octanol–water partition coefficient (Wildman–Crippen LogP) is 4.30. The molecule has 2 aromatic carbocycles. The summed E-state index contributed by atoms with van der Waals surface area (Å²) in [5.74, 6) is -0.381. The van der Waals surface area contributed by atoms with Crippen molar-refractivity contribution in [3.05, 3.63) is 63.9 Å². The molecule has 0 aliphatic rings. The Kier molecular flexibility index (Phi) is 5.15. The van der Waals surface area contributed by atoms with Gasteiger partial charge < -0.3 is 10.4 Å². The van der Waals surface area contributed by atoms with E-state index in [0.717, 1.165) is 22.1 Å². The van der Waals surface area contributed by atoms with Crippen molar-refractivity contribution < 1.29 is 9.50 Å². The summed E-state index contributed by atoms with van der Waals surface area (Å²) in [6.07, 6.45) is 0.0157. The van der Waals surface area contributed by atoms with Gasteiger partial charge in [0.05, 0.1) is 6.10 Å². The SMILES string of the molecule is CCc1cc(Br)ccc1NCC(O)c1ccccc1F. The van der Waals surface area contributed by atoms with Gasteiger partial charge in [0.25, 0.3) is 0 Å². The standard InChI is InChI=1S/C16H17BrFNO/c1-2-11-9-12(17)7-8-15(11)19-10-16(20)13-5-3-4-6-14(13)18/h3-9,16,19-20H,2,10H2,1H3. The van der Waals surface area contributed by atoms with Crippen LogP contribution in [0, 0.1) is 5.82 Å². The van der Waals surface area contributed by atoms with Crippen LogP contribution >= 0.6 is 15.9 Å². The molecule has 0 saturated heterocycles. The van der Waals surface area contributed by atoms with Crippen molar-refractivity contribution in [1.29, 1.82) is 0 Å². The molecule has 20 heavy (non-hydrogen) atoms. The van der Waals surface area contributed by atoms with E-state index >= 15 is 0 Å². The zero-order valence-electron chi connectivity index (χ0n) is 11.2. The number of nitrogens with one attached hydrogen (secondary N) is 1. The van der Waals surface area contributed by atoms with Gasteiger partial charge in [-0.2, -0.15) is 0 Å². The first-order chi connectivity index (χ1) is 9.61. The lowest BCUT2D eigenvalue weighted by Crippen LogP contribution is -2.14. The molecule has 0 spiro atoms. The second-order valence-corrected chi connectivity index (χ2v) is 5.49. The summed E-state index contributed by atoms with van der Waals surface area (Å²) in [5.41, 5.74) is 2.43. The monoisotopic (exact) mass is 337 g/mol. The number of aliphatic hydroxyl groups is 1. The molecule has 2 rings (SSSR count). The minimum absolute atomic E-state index is 0.273. The van der Waals surface area contributed by atoms with Gasteiger partial charge >= 0.3 is 0 Å². The molecule has 2 aromatic rings. The molecule has 1 unspecified atom stereocenters. The highest BCUT2D eigenvalue weighted by atomic mass is 79.9. The molecule has 0 amide bonds. The van der Waals surface area contributed by atoms with Crippen LogP contribution in [0.1, 0.15) is 24.2 Å². The molecule has 1 atom stereocenters.